The van der Waals surface area contributed by atoms with Crippen molar-refractivity contribution in [3.8, 4) is 66.5 Å². The van der Waals surface area contributed by atoms with Crippen LogP contribution in [-0.2, 0) is 6.42 Å². The van der Waals surface area contributed by atoms with Crippen molar-refractivity contribution in [2.75, 3.05) is 0 Å². The number of nitrogens with zero attached hydrogens (tertiary/aromatic N) is 4. The first kappa shape index (κ1) is 25.0. The van der Waals surface area contributed by atoms with Gasteiger partial charge in [-0.2, -0.15) is 4.37 Å². The monoisotopic (exact) mass is 580 g/mol. The highest BCUT2D eigenvalue weighted by Crippen LogP contribution is 2.47. The summed E-state index contributed by atoms with van der Waals surface area (Å²) in [7, 11) is 0. The maximum absolute atomic E-state index is 5.05. The first-order chi connectivity index (χ1) is 21.8. The van der Waals surface area contributed by atoms with Crippen LogP contribution in [0.1, 0.15) is 11.1 Å². The molecule has 4 nitrogen and oxygen atoms in total. The molecule has 0 radical (unpaired) electrons. The van der Waals surface area contributed by atoms with Crippen LogP contribution in [0.15, 0.2) is 133 Å². The Hall–Kier alpha value is -5.52. The number of rotatable bonds is 4. The molecule has 1 aromatic heterocycles. The quantitative estimate of drug-likeness (QED) is 0.208. The molecule has 0 unspecified atom stereocenters. The summed E-state index contributed by atoms with van der Waals surface area (Å²) in [6, 6.07) is 46.8. The standard InChI is InChI=1S/C39H24N4S/c1-3-11-24(12-4-1)37-38(25-13-5-2-6-14-25)40-43-41-39(37)31-18-10-9-17-30(31)35-22-34-29-20-19-28-27-16-8-7-15-26(27)21-32(28)33(29)23-36(34)44-42-35/h1-20,22-23H,21H2. The Morgan fingerprint density at radius 3 is 2.00 bits per heavy atom. The first-order valence-electron chi connectivity index (χ1n) is 14.7. The van der Waals surface area contributed by atoms with E-state index < -0.39 is 0 Å². The van der Waals surface area contributed by atoms with E-state index in [2.05, 4.69) is 112 Å². The Morgan fingerprint density at radius 1 is 0.500 bits per heavy atom. The number of aromatic nitrogens is 4. The van der Waals surface area contributed by atoms with Gasteiger partial charge in [-0.3, -0.25) is 0 Å². The topological polar surface area (TPSA) is 51.6 Å². The predicted octanol–water partition coefficient (Wildman–Crippen LogP) is 9.83. The van der Waals surface area contributed by atoms with E-state index >= 15 is 0 Å². The van der Waals surface area contributed by atoms with Crippen LogP contribution in [0.25, 0.3) is 77.2 Å². The average Bonchev–Trinajstić information content (AvgIpc) is 3.67. The average molecular weight is 581 g/mol. The minimum absolute atomic E-state index is 0.787. The summed E-state index contributed by atoms with van der Waals surface area (Å²) >= 11 is 1.56. The molecule has 206 valence electrons. The number of hydrogen-bond donors (Lipinski definition) is 0. The summed E-state index contributed by atoms with van der Waals surface area (Å²) in [6.07, 6.45) is 0.972. The van der Waals surface area contributed by atoms with E-state index in [0.29, 0.717) is 0 Å². The molecule has 9 rings (SSSR count). The van der Waals surface area contributed by atoms with Gasteiger partial charge in [0.15, 0.2) is 0 Å². The Bertz CT molecular complexity index is 2310. The van der Waals surface area contributed by atoms with Crippen molar-refractivity contribution in [1.29, 1.82) is 0 Å². The third kappa shape index (κ3) is 3.90. The maximum atomic E-state index is 5.05. The highest BCUT2D eigenvalue weighted by Gasteiger charge is 2.25. The summed E-state index contributed by atoms with van der Waals surface area (Å²) < 4.78 is 5.05. The van der Waals surface area contributed by atoms with Crippen molar-refractivity contribution >= 4 is 22.3 Å². The first-order valence-corrected chi connectivity index (χ1v) is 15.5. The van der Waals surface area contributed by atoms with Crippen LogP contribution in [-0.4, -0.2) is 19.8 Å². The minimum Gasteiger partial charge on any atom is -0.192 e. The van der Waals surface area contributed by atoms with E-state index in [1.807, 2.05) is 36.4 Å². The molecular formula is C39H24N4S. The molecule has 0 amide bonds. The molecule has 0 saturated heterocycles. The minimum atomic E-state index is 0.787. The number of benzene rings is 5. The summed E-state index contributed by atoms with van der Waals surface area (Å²) in [5, 5.41) is 16.1. The van der Waals surface area contributed by atoms with Crippen LogP contribution in [0.4, 0.5) is 0 Å². The van der Waals surface area contributed by atoms with E-state index in [-0.39, 0.29) is 0 Å². The van der Waals surface area contributed by atoms with Crippen molar-refractivity contribution in [3.05, 3.63) is 145 Å². The molecule has 44 heavy (non-hydrogen) atoms. The summed E-state index contributed by atoms with van der Waals surface area (Å²) in [6.45, 7) is 0. The van der Waals surface area contributed by atoms with Crippen molar-refractivity contribution < 1.29 is 0 Å². The molecule has 1 aliphatic heterocycles. The van der Waals surface area contributed by atoms with Crippen LogP contribution in [0.3, 0.4) is 0 Å². The zero-order valence-corrected chi connectivity index (χ0v) is 24.4. The molecule has 0 bridgehead atoms. The smallest absolute Gasteiger partial charge is 0.105 e. The second-order valence-corrected chi connectivity index (χ2v) is 12.0. The maximum Gasteiger partial charge on any atom is 0.105 e. The van der Waals surface area contributed by atoms with Crippen LogP contribution < -0.4 is 0 Å². The SMILES string of the molecule is c1ccc(-c2nnnc(-c3ccccc3-c3cc4c5ccc6c(c5cc-4sn3)Cc3ccccc3-6)c2-c2ccccc2)cc1. The van der Waals surface area contributed by atoms with E-state index in [4.69, 9.17) is 4.37 Å². The Balaban J connectivity index is 1.23. The molecule has 2 aliphatic carbocycles. The lowest BCUT2D eigenvalue weighted by molar-refractivity contribution is 0.879. The van der Waals surface area contributed by atoms with Gasteiger partial charge in [0.1, 0.15) is 11.4 Å². The van der Waals surface area contributed by atoms with E-state index in [1.165, 1.54) is 43.5 Å². The van der Waals surface area contributed by atoms with Gasteiger partial charge in [0, 0.05) is 27.8 Å². The zero-order chi connectivity index (χ0) is 29.0. The Kier molecular flexibility index (Phi) is 5.71. The second kappa shape index (κ2) is 10.0. The highest BCUT2D eigenvalue weighted by molar-refractivity contribution is 7.09. The lowest BCUT2D eigenvalue weighted by atomic mass is 9.92. The fourth-order valence-corrected chi connectivity index (χ4v) is 7.48. The fraction of sp³-hybridized carbons (Fsp3) is 0.0256. The molecule has 0 saturated carbocycles. The third-order valence-electron chi connectivity index (χ3n) is 8.72. The van der Waals surface area contributed by atoms with Gasteiger partial charge < -0.3 is 0 Å². The van der Waals surface area contributed by atoms with E-state index in [9.17, 15) is 0 Å². The summed E-state index contributed by atoms with van der Waals surface area (Å²) in [5.41, 5.74) is 14.3. The van der Waals surface area contributed by atoms with Gasteiger partial charge in [-0.15, -0.1) is 10.2 Å². The van der Waals surface area contributed by atoms with Crippen LogP contribution in [0.5, 0.6) is 0 Å². The van der Waals surface area contributed by atoms with Gasteiger partial charge in [-0.25, -0.2) is 0 Å². The number of fused-ring (bicyclic) bond motifs is 7. The van der Waals surface area contributed by atoms with Crippen molar-refractivity contribution in [3.63, 3.8) is 0 Å². The molecule has 0 atom stereocenters. The summed E-state index contributed by atoms with van der Waals surface area (Å²) in [4.78, 5) is 1.20. The van der Waals surface area contributed by atoms with Gasteiger partial charge in [-0.1, -0.05) is 121 Å². The molecule has 5 aromatic carbocycles. The van der Waals surface area contributed by atoms with Crippen LogP contribution in [0.2, 0.25) is 0 Å². The highest BCUT2D eigenvalue weighted by atomic mass is 32.1. The van der Waals surface area contributed by atoms with E-state index in [1.54, 1.807) is 11.5 Å². The largest absolute Gasteiger partial charge is 0.192 e. The molecule has 2 heterocycles. The van der Waals surface area contributed by atoms with Crippen molar-refractivity contribution in [2.45, 2.75) is 6.42 Å². The fourth-order valence-electron chi connectivity index (χ4n) is 6.69. The van der Waals surface area contributed by atoms with Gasteiger partial charge in [0.05, 0.1) is 10.6 Å². The molecule has 0 N–H and O–H groups in total. The van der Waals surface area contributed by atoms with E-state index in [0.717, 1.165) is 51.3 Å². The Labute approximate surface area is 258 Å². The van der Waals surface area contributed by atoms with Crippen molar-refractivity contribution in [1.82, 2.24) is 19.8 Å². The summed E-state index contributed by atoms with van der Waals surface area (Å²) in [5.74, 6) is 0. The second-order valence-electron chi connectivity index (χ2n) is 11.2. The van der Waals surface area contributed by atoms with Crippen molar-refractivity contribution in [2.24, 2.45) is 0 Å². The lowest BCUT2D eigenvalue weighted by Crippen LogP contribution is -2.01. The molecule has 6 aromatic rings. The third-order valence-corrected chi connectivity index (χ3v) is 9.54. The normalized spacial score (nSPS) is 12.0. The molecule has 3 aliphatic rings. The van der Waals surface area contributed by atoms with Gasteiger partial charge >= 0.3 is 0 Å². The zero-order valence-electron chi connectivity index (χ0n) is 23.6. The van der Waals surface area contributed by atoms with Gasteiger partial charge in [-0.05, 0) is 73.9 Å². The Morgan fingerprint density at radius 2 is 1.18 bits per heavy atom. The molecule has 0 spiro atoms. The van der Waals surface area contributed by atoms with Gasteiger partial charge in [0.2, 0.25) is 0 Å². The lowest BCUT2D eigenvalue weighted by Gasteiger charge is -2.15. The number of hydrogen-bond acceptors (Lipinski definition) is 5. The predicted molar refractivity (Wildman–Crippen MR) is 180 cm³/mol. The van der Waals surface area contributed by atoms with Gasteiger partial charge in [0.25, 0.3) is 0 Å². The molecule has 5 heteroatoms. The molecule has 0 fully saturated rings. The van der Waals surface area contributed by atoms with Crippen LogP contribution >= 0.6 is 11.5 Å². The molecular weight excluding hydrogens is 557 g/mol. The van der Waals surface area contributed by atoms with Crippen LogP contribution in [0, 0.1) is 0 Å².